The summed E-state index contributed by atoms with van der Waals surface area (Å²) in [7, 11) is -3.31. The molecule has 2 aliphatic heterocycles. The van der Waals surface area contributed by atoms with Crippen LogP contribution in [0.5, 0.6) is 0 Å². The molecule has 0 radical (unpaired) electrons. The summed E-state index contributed by atoms with van der Waals surface area (Å²) in [6.45, 7) is 2.08. The standard InChI is InChI=1S/C21H24N4O5S/c1-21(17-8-7-15-5-3-4-6-16(15)13-17)19(27)25(20(28)22-21)14-18(26)23-9-11-24(12-10-23)31(2,29)30/h3-8,13H,9-12,14H2,1-2H3,(H,22,28)/t21-/m1/s1. The van der Waals surface area contributed by atoms with E-state index in [1.165, 1.54) is 9.21 Å². The van der Waals surface area contributed by atoms with E-state index in [1.807, 2.05) is 36.4 Å². The van der Waals surface area contributed by atoms with Gasteiger partial charge in [0.15, 0.2) is 0 Å². The Morgan fingerprint density at radius 3 is 2.32 bits per heavy atom. The maximum absolute atomic E-state index is 13.2. The minimum atomic E-state index is -3.31. The lowest BCUT2D eigenvalue weighted by molar-refractivity contribution is -0.139. The van der Waals surface area contributed by atoms with Gasteiger partial charge in [-0.2, -0.15) is 4.31 Å². The molecule has 0 unspecified atom stereocenters. The summed E-state index contributed by atoms with van der Waals surface area (Å²) in [6.07, 6.45) is 1.13. The fourth-order valence-electron chi connectivity index (χ4n) is 4.04. The van der Waals surface area contributed by atoms with Gasteiger partial charge in [-0.1, -0.05) is 36.4 Å². The van der Waals surface area contributed by atoms with Gasteiger partial charge in [-0.25, -0.2) is 13.2 Å². The van der Waals surface area contributed by atoms with Crippen molar-refractivity contribution < 1.29 is 22.8 Å². The molecule has 4 rings (SSSR count). The molecule has 4 amide bonds. The van der Waals surface area contributed by atoms with E-state index >= 15 is 0 Å². The predicted octanol–water partition coefficient (Wildman–Crippen LogP) is 0.711. The lowest BCUT2D eigenvalue weighted by Crippen LogP contribution is -2.53. The van der Waals surface area contributed by atoms with E-state index in [1.54, 1.807) is 13.0 Å². The zero-order valence-corrected chi connectivity index (χ0v) is 18.2. The Labute approximate surface area is 180 Å². The van der Waals surface area contributed by atoms with E-state index in [-0.39, 0.29) is 38.6 Å². The summed E-state index contributed by atoms with van der Waals surface area (Å²) >= 11 is 0. The van der Waals surface area contributed by atoms with Gasteiger partial charge in [0.1, 0.15) is 12.1 Å². The molecule has 0 spiro atoms. The molecule has 164 valence electrons. The Kier molecular flexibility index (Phi) is 5.22. The fourth-order valence-corrected chi connectivity index (χ4v) is 4.87. The number of urea groups is 1. The third-order valence-electron chi connectivity index (χ3n) is 5.96. The Balaban J connectivity index is 1.48. The number of hydrogen-bond acceptors (Lipinski definition) is 5. The zero-order chi connectivity index (χ0) is 22.4. The summed E-state index contributed by atoms with van der Waals surface area (Å²) in [5, 5.41) is 4.69. The number of fused-ring (bicyclic) bond motifs is 1. The van der Waals surface area contributed by atoms with Crippen LogP contribution in [0, 0.1) is 0 Å². The number of nitrogens with one attached hydrogen (secondary N) is 1. The number of hydrogen-bond donors (Lipinski definition) is 1. The highest BCUT2D eigenvalue weighted by atomic mass is 32.2. The molecule has 0 bridgehead atoms. The van der Waals surface area contributed by atoms with Crippen LogP contribution in [0.2, 0.25) is 0 Å². The highest BCUT2D eigenvalue weighted by Crippen LogP contribution is 2.31. The third-order valence-corrected chi connectivity index (χ3v) is 7.26. The van der Waals surface area contributed by atoms with Crippen molar-refractivity contribution in [1.29, 1.82) is 0 Å². The first kappa shape index (κ1) is 21.3. The summed E-state index contributed by atoms with van der Waals surface area (Å²) in [5.41, 5.74) is -0.627. The second-order valence-electron chi connectivity index (χ2n) is 8.05. The van der Waals surface area contributed by atoms with Crippen molar-refractivity contribution in [3.8, 4) is 0 Å². The quantitative estimate of drug-likeness (QED) is 0.699. The second-order valence-corrected chi connectivity index (χ2v) is 10.0. The Morgan fingerprint density at radius 2 is 1.68 bits per heavy atom. The van der Waals surface area contributed by atoms with Gasteiger partial charge in [-0.05, 0) is 29.3 Å². The Hall–Kier alpha value is -2.98. The molecule has 10 heteroatoms. The van der Waals surface area contributed by atoms with Crippen molar-refractivity contribution >= 4 is 38.6 Å². The number of carbonyl (C=O) groups is 3. The van der Waals surface area contributed by atoms with Crippen LogP contribution in [0.1, 0.15) is 12.5 Å². The molecule has 2 fully saturated rings. The first-order valence-corrected chi connectivity index (χ1v) is 11.8. The van der Waals surface area contributed by atoms with Crippen molar-refractivity contribution in [2.24, 2.45) is 0 Å². The smallest absolute Gasteiger partial charge is 0.325 e. The molecule has 9 nitrogen and oxygen atoms in total. The van der Waals surface area contributed by atoms with Crippen LogP contribution < -0.4 is 5.32 Å². The van der Waals surface area contributed by atoms with Gasteiger partial charge in [-0.15, -0.1) is 0 Å². The Bertz CT molecular complexity index is 1170. The topological polar surface area (TPSA) is 107 Å². The minimum absolute atomic E-state index is 0.194. The number of sulfonamides is 1. The summed E-state index contributed by atoms with van der Waals surface area (Å²) in [4.78, 5) is 40.9. The monoisotopic (exact) mass is 444 g/mol. The van der Waals surface area contributed by atoms with Crippen LogP contribution in [-0.2, 0) is 25.2 Å². The highest BCUT2D eigenvalue weighted by molar-refractivity contribution is 7.88. The fraction of sp³-hybridized carbons (Fsp3) is 0.381. The van der Waals surface area contributed by atoms with Gasteiger partial charge < -0.3 is 10.2 Å². The van der Waals surface area contributed by atoms with Crippen molar-refractivity contribution in [2.75, 3.05) is 39.0 Å². The first-order chi connectivity index (χ1) is 14.6. The molecule has 2 aliphatic rings. The second kappa shape index (κ2) is 7.61. The van der Waals surface area contributed by atoms with E-state index in [0.717, 1.165) is 21.9 Å². The molecule has 0 saturated carbocycles. The van der Waals surface area contributed by atoms with Gasteiger partial charge >= 0.3 is 6.03 Å². The van der Waals surface area contributed by atoms with Crippen molar-refractivity contribution in [2.45, 2.75) is 12.5 Å². The molecule has 2 heterocycles. The van der Waals surface area contributed by atoms with Gasteiger partial charge in [0, 0.05) is 26.2 Å². The number of amides is 4. The molecule has 2 aromatic carbocycles. The van der Waals surface area contributed by atoms with Crippen LogP contribution >= 0.6 is 0 Å². The molecular weight excluding hydrogens is 420 g/mol. The molecule has 1 atom stereocenters. The third kappa shape index (κ3) is 3.88. The van der Waals surface area contributed by atoms with Crippen LogP contribution in [0.15, 0.2) is 42.5 Å². The van der Waals surface area contributed by atoms with Gasteiger partial charge in [0.05, 0.1) is 6.26 Å². The molecule has 0 aliphatic carbocycles. The van der Waals surface area contributed by atoms with E-state index in [4.69, 9.17) is 0 Å². The van der Waals surface area contributed by atoms with E-state index < -0.39 is 27.5 Å². The number of imide groups is 1. The van der Waals surface area contributed by atoms with Crippen LogP contribution in [-0.4, -0.2) is 79.3 Å². The zero-order valence-electron chi connectivity index (χ0n) is 17.4. The van der Waals surface area contributed by atoms with Crippen molar-refractivity contribution in [1.82, 2.24) is 19.4 Å². The molecule has 1 N–H and O–H groups in total. The Morgan fingerprint density at radius 1 is 1.03 bits per heavy atom. The summed E-state index contributed by atoms with van der Waals surface area (Å²) < 4.78 is 24.6. The number of carbonyl (C=O) groups excluding carboxylic acids is 3. The summed E-state index contributed by atoms with van der Waals surface area (Å²) in [5.74, 6) is -0.879. The van der Waals surface area contributed by atoms with Crippen LogP contribution in [0.4, 0.5) is 4.79 Å². The lowest BCUT2D eigenvalue weighted by atomic mass is 9.90. The van der Waals surface area contributed by atoms with E-state index in [0.29, 0.717) is 5.56 Å². The predicted molar refractivity (Wildman–Crippen MR) is 115 cm³/mol. The minimum Gasteiger partial charge on any atom is -0.338 e. The normalized spacial score (nSPS) is 22.8. The molecular formula is C21H24N4O5S. The van der Waals surface area contributed by atoms with Gasteiger partial charge in [-0.3, -0.25) is 14.5 Å². The van der Waals surface area contributed by atoms with E-state index in [9.17, 15) is 22.8 Å². The number of piperazine rings is 1. The molecule has 0 aromatic heterocycles. The van der Waals surface area contributed by atoms with Crippen LogP contribution in [0.25, 0.3) is 10.8 Å². The van der Waals surface area contributed by atoms with Crippen molar-refractivity contribution in [3.05, 3.63) is 48.0 Å². The molecule has 2 saturated heterocycles. The number of benzene rings is 2. The summed E-state index contributed by atoms with van der Waals surface area (Å²) in [6, 6.07) is 12.7. The number of nitrogens with zero attached hydrogens (tertiary/aromatic N) is 3. The molecule has 2 aromatic rings. The SMILES string of the molecule is C[C@]1(c2ccc3ccccc3c2)NC(=O)N(CC(=O)N2CCN(S(C)(=O)=O)CC2)C1=O. The van der Waals surface area contributed by atoms with E-state index in [2.05, 4.69) is 5.32 Å². The average Bonchev–Trinajstić information content (AvgIpc) is 2.96. The number of rotatable bonds is 4. The molecule has 31 heavy (non-hydrogen) atoms. The first-order valence-electron chi connectivity index (χ1n) is 9.96. The average molecular weight is 445 g/mol. The van der Waals surface area contributed by atoms with Gasteiger partial charge in [0.25, 0.3) is 5.91 Å². The largest absolute Gasteiger partial charge is 0.338 e. The highest BCUT2D eigenvalue weighted by Gasteiger charge is 2.49. The van der Waals surface area contributed by atoms with Crippen molar-refractivity contribution in [3.63, 3.8) is 0 Å². The van der Waals surface area contributed by atoms with Crippen LogP contribution in [0.3, 0.4) is 0 Å². The lowest BCUT2D eigenvalue weighted by Gasteiger charge is -2.33. The maximum Gasteiger partial charge on any atom is 0.325 e. The van der Waals surface area contributed by atoms with Gasteiger partial charge in [0.2, 0.25) is 15.9 Å². The maximum atomic E-state index is 13.2.